The Morgan fingerprint density at radius 3 is 2.43 bits per heavy atom. The van der Waals surface area contributed by atoms with Crippen molar-refractivity contribution >= 4 is 11.5 Å². The van der Waals surface area contributed by atoms with E-state index in [-0.39, 0.29) is 11.5 Å². The van der Waals surface area contributed by atoms with E-state index in [1.165, 1.54) is 26.8 Å². The van der Waals surface area contributed by atoms with E-state index in [9.17, 15) is 4.79 Å². The van der Waals surface area contributed by atoms with Crippen molar-refractivity contribution in [3.05, 3.63) is 78.4 Å². The van der Waals surface area contributed by atoms with Gasteiger partial charge in [-0.1, -0.05) is 42.5 Å². The van der Waals surface area contributed by atoms with Crippen molar-refractivity contribution in [1.82, 2.24) is 9.97 Å². The van der Waals surface area contributed by atoms with Gasteiger partial charge in [-0.3, -0.25) is 0 Å². The van der Waals surface area contributed by atoms with Crippen molar-refractivity contribution in [3.8, 4) is 22.8 Å². The summed E-state index contributed by atoms with van der Waals surface area (Å²) in [7, 11) is 2.75. The normalized spacial score (nSPS) is 11.0. The lowest BCUT2D eigenvalue weighted by atomic mass is 10.1. The van der Waals surface area contributed by atoms with Crippen LogP contribution in [0.4, 0.5) is 0 Å². The van der Waals surface area contributed by atoms with E-state index < -0.39 is 5.97 Å². The molecular weight excluding hydrogens is 356 g/mol. The Morgan fingerprint density at radius 1 is 0.964 bits per heavy atom. The molecule has 28 heavy (non-hydrogen) atoms. The van der Waals surface area contributed by atoms with Crippen molar-refractivity contribution in [2.75, 3.05) is 14.2 Å². The molecule has 1 heterocycles. The zero-order chi connectivity index (χ0) is 19.9. The molecule has 6 heteroatoms. The molecule has 0 aliphatic carbocycles. The van der Waals surface area contributed by atoms with Crippen LogP contribution in [0.1, 0.15) is 11.3 Å². The largest absolute Gasteiger partial charge is 0.503 e. The number of hydrogen-bond acceptors (Lipinski definition) is 6. The van der Waals surface area contributed by atoms with E-state index in [0.717, 1.165) is 11.1 Å². The van der Waals surface area contributed by atoms with Crippen molar-refractivity contribution < 1.29 is 19.0 Å². The highest BCUT2D eigenvalue weighted by Gasteiger charge is 2.22. The van der Waals surface area contributed by atoms with E-state index in [1.807, 2.05) is 54.6 Å². The minimum absolute atomic E-state index is 0.178. The van der Waals surface area contributed by atoms with Gasteiger partial charge in [0.25, 0.3) is 0 Å². The third kappa shape index (κ3) is 4.17. The lowest BCUT2D eigenvalue weighted by Crippen LogP contribution is -2.09. The monoisotopic (exact) mass is 376 g/mol. The van der Waals surface area contributed by atoms with Crippen molar-refractivity contribution in [3.63, 3.8) is 0 Å². The zero-order valence-corrected chi connectivity index (χ0v) is 15.9. The highest BCUT2D eigenvalue weighted by atomic mass is 16.5. The second kappa shape index (κ2) is 8.81. The van der Waals surface area contributed by atoms with Gasteiger partial charge in [0.2, 0.25) is 5.88 Å². The molecule has 142 valence electrons. The Morgan fingerprint density at radius 2 is 1.71 bits per heavy atom. The van der Waals surface area contributed by atoms with Crippen LogP contribution in [0.5, 0.6) is 11.6 Å². The quantitative estimate of drug-likeness (QED) is 0.361. The van der Waals surface area contributed by atoms with Crippen molar-refractivity contribution in [2.24, 2.45) is 0 Å². The lowest BCUT2D eigenvalue weighted by Gasteiger charge is -2.14. The average Bonchev–Trinajstić information content (AvgIpc) is 2.73. The molecule has 0 spiro atoms. The van der Waals surface area contributed by atoms with E-state index in [0.29, 0.717) is 17.0 Å². The number of aryl methyl sites for hydroxylation is 1. The number of methoxy groups -OCH3 is 2. The summed E-state index contributed by atoms with van der Waals surface area (Å²) >= 11 is 0. The highest BCUT2D eigenvalue weighted by Crippen LogP contribution is 2.32. The molecule has 1 aromatic heterocycles. The highest BCUT2D eigenvalue weighted by molar-refractivity contribution is 6.17. The molecule has 0 fully saturated rings. The number of carbonyl (C=O) groups excluding carboxylic acids is 1. The van der Waals surface area contributed by atoms with Gasteiger partial charge in [0, 0.05) is 0 Å². The second-order valence-electron chi connectivity index (χ2n) is 5.89. The Labute approximate surface area is 163 Å². The van der Waals surface area contributed by atoms with Crippen molar-refractivity contribution in [1.29, 1.82) is 0 Å². The van der Waals surface area contributed by atoms with Crippen LogP contribution < -0.4 is 4.74 Å². The molecule has 0 amide bonds. The summed E-state index contributed by atoms with van der Waals surface area (Å²) in [5.74, 6) is 0.261. The van der Waals surface area contributed by atoms with Crippen LogP contribution in [0.2, 0.25) is 0 Å². The van der Waals surface area contributed by atoms with E-state index in [2.05, 4.69) is 9.97 Å². The standard InChI is InChI=1S/C22H20N2O4/c1-15-20(19(13-26-2)22(25)27-3)21(24-14-23-15)28-18-11-7-10-17(12-18)16-8-5-4-6-9-16/h4-14H,1-3H3/b19-13-. The molecule has 0 saturated carbocycles. The first-order valence-electron chi connectivity index (χ1n) is 8.60. The lowest BCUT2D eigenvalue weighted by molar-refractivity contribution is -0.133. The third-order valence-electron chi connectivity index (χ3n) is 4.07. The molecule has 6 nitrogen and oxygen atoms in total. The number of carbonyl (C=O) groups is 1. The van der Waals surface area contributed by atoms with Crippen LogP contribution in [0.3, 0.4) is 0 Å². The summed E-state index contributed by atoms with van der Waals surface area (Å²) in [6.45, 7) is 1.76. The molecule has 0 aliphatic heterocycles. The second-order valence-corrected chi connectivity index (χ2v) is 5.89. The molecule has 3 rings (SSSR count). The summed E-state index contributed by atoms with van der Waals surface area (Å²) in [5, 5.41) is 0. The number of aromatic nitrogens is 2. The Balaban J connectivity index is 2.01. The zero-order valence-electron chi connectivity index (χ0n) is 15.9. The smallest absolute Gasteiger partial charge is 0.341 e. The van der Waals surface area contributed by atoms with Gasteiger partial charge in [-0.2, -0.15) is 0 Å². The van der Waals surface area contributed by atoms with Crippen LogP contribution in [-0.2, 0) is 14.3 Å². The fourth-order valence-corrected chi connectivity index (χ4v) is 2.76. The van der Waals surface area contributed by atoms with Gasteiger partial charge in [-0.15, -0.1) is 0 Å². The number of ether oxygens (including phenoxy) is 3. The van der Waals surface area contributed by atoms with Gasteiger partial charge in [0.1, 0.15) is 17.6 Å². The third-order valence-corrected chi connectivity index (χ3v) is 4.07. The number of hydrogen-bond donors (Lipinski definition) is 0. The Bertz CT molecular complexity index is 1000. The van der Waals surface area contributed by atoms with Gasteiger partial charge in [-0.05, 0) is 30.2 Å². The van der Waals surface area contributed by atoms with Gasteiger partial charge >= 0.3 is 5.97 Å². The maximum atomic E-state index is 12.2. The minimum Gasteiger partial charge on any atom is -0.503 e. The Hall–Kier alpha value is -3.67. The van der Waals surface area contributed by atoms with Crippen LogP contribution in [0, 0.1) is 6.92 Å². The fourth-order valence-electron chi connectivity index (χ4n) is 2.76. The molecule has 0 unspecified atom stereocenters. The van der Waals surface area contributed by atoms with Gasteiger partial charge < -0.3 is 14.2 Å². The van der Waals surface area contributed by atoms with Crippen molar-refractivity contribution in [2.45, 2.75) is 6.92 Å². The first-order valence-corrected chi connectivity index (χ1v) is 8.60. The number of esters is 1. The van der Waals surface area contributed by atoms with E-state index in [1.54, 1.807) is 6.92 Å². The van der Waals surface area contributed by atoms with Crippen LogP contribution in [0.25, 0.3) is 16.7 Å². The van der Waals surface area contributed by atoms with E-state index >= 15 is 0 Å². The first kappa shape index (κ1) is 19.1. The Kier molecular flexibility index (Phi) is 6.01. The molecule has 3 aromatic rings. The molecule has 0 atom stereocenters. The van der Waals surface area contributed by atoms with Gasteiger partial charge in [-0.25, -0.2) is 14.8 Å². The van der Waals surface area contributed by atoms with Crippen LogP contribution in [-0.4, -0.2) is 30.2 Å². The maximum Gasteiger partial charge on any atom is 0.341 e. The van der Waals surface area contributed by atoms with Gasteiger partial charge in [0.15, 0.2) is 0 Å². The summed E-state index contributed by atoms with van der Waals surface area (Å²) in [6.07, 6.45) is 2.68. The van der Waals surface area contributed by atoms with E-state index in [4.69, 9.17) is 14.2 Å². The van der Waals surface area contributed by atoms with Crippen LogP contribution >= 0.6 is 0 Å². The number of nitrogens with zero attached hydrogens (tertiary/aromatic N) is 2. The number of benzene rings is 2. The molecule has 2 aromatic carbocycles. The maximum absolute atomic E-state index is 12.2. The predicted molar refractivity (Wildman–Crippen MR) is 106 cm³/mol. The molecule has 0 N–H and O–H groups in total. The van der Waals surface area contributed by atoms with Gasteiger partial charge in [0.05, 0.1) is 31.7 Å². The van der Waals surface area contributed by atoms with Crippen LogP contribution in [0.15, 0.2) is 67.2 Å². The summed E-state index contributed by atoms with van der Waals surface area (Å²) in [4.78, 5) is 20.6. The molecular formula is C22H20N2O4. The summed E-state index contributed by atoms with van der Waals surface area (Å²) in [6, 6.07) is 17.6. The first-order chi connectivity index (χ1) is 13.6. The molecule has 0 radical (unpaired) electrons. The topological polar surface area (TPSA) is 70.5 Å². The SMILES string of the molecule is CO/C=C(\C(=O)OC)c1c(C)ncnc1Oc1cccc(-c2ccccc2)c1. The summed E-state index contributed by atoms with van der Waals surface area (Å²) < 4.78 is 15.9. The molecule has 0 aliphatic rings. The fraction of sp³-hybridized carbons (Fsp3) is 0.136. The predicted octanol–water partition coefficient (Wildman–Crippen LogP) is 4.40. The average molecular weight is 376 g/mol. The summed E-state index contributed by atoms with van der Waals surface area (Å²) in [5.41, 5.74) is 3.24. The minimum atomic E-state index is -0.567. The number of rotatable bonds is 6. The molecule has 0 saturated heterocycles. The molecule has 0 bridgehead atoms.